The highest BCUT2D eigenvalue weighted by Crippen LogP contribution is 2.30. The summed E-state index contributed by atoms with van der Waals surface area (Å²) in [4.78, 5) is 15.8. The molecule has 0 radical (unpaired) electrons. The maximum Gasteiger partial charge on any atom is 0.152 e. The maximum atomic E-state index is 11.1. The van der Waals surface area contributed by atoms with Crippen molar-refractivity contribution in [2.45, 2.75) is 71.1 Å². The Bertz CT molecular complexity index is 905. The molecule has 2 saturated heterocycles. The largest absolute Gasteiger partial charge is 0.392 e. The number of hydrogen-bond donors (Lipinski definition) is 1. The van der Waals surface area contributed by atoms with Gasteiger partial charge >= 0.3 is 0 Å². The number of carbonyl (C=O) groups is 1. The molecular formula is C26H34Br2N2O2. The van der Waals surface area contributed by atoms with Crippen LogP contribution >= 0.6 is 31.9 Å². The molecule has 0 amide bonds. The first kappa shape index (κ1) is 25.3. The van der Waals surface area contributed by atoms with Gasteiger partial charge < -0.3 is 14.9 Å². The smallest absolute Gasteiger partial charge is 0.152 e. The van der Waals surface area contributed by atoms with Crippen molar-refractivity contribution in [1.29, 1.82) is 0 Å². The molecule has 2 aliphatic rings. The van der Waals surface area contributed by atoms with Crippen LogP contribution in [0.1, 0.15) is 68.3 Å². The lowest BCUT2D eigenvalue weighted by atomic mass is 10.0. The fraction of sp³-hybridized carbons (Fsp3) is 0.500. The topological polar surface area (TPSA) is 43.8 Å². The van der Waals surface area contributed by atoms with Crippen molar-refractivity contribution in [3.05, 3.63) is 56.5 Å². The van der Waals surface area contributed by atoms with Crippen molar-refractivity contribution in [3.63, 3.8) is 0 Å². The Kier molecular flexibility index (Phi) is 9.62. The Morgan fingerprint density at radius 1 is 0.875 bits per heavy atom. The summed E-state index contributed by atoms with van der Waals surface area (Å²) in [5.74, 6) is 0. The van der Waals surface area contributed by atoms with E-state index >= 15 is 0 Å². The zero-order valence-electron chi connectivity index (χ0n) is 19.1. The molecule has 0 aromatic heterocycles. The minimum Gasteiger partial charge on any atom is -0.392 e. The molecule has 0 spiro atoms. The summed E-state index contributed by atoms with van der Waals surface area (Å²) < 4.78 is 1.99. The second-order valence-electron chi connectivity index (χ2n) is 8.83. The number of piperidine rings is 2. The molecule has 2 aromatic carbocycles. The van der Waals surface area contributed by atoms with Gasteiger partial charge in [-0.2, -0.15) is 0 Å². The van der Waals surface area contributed by atoms with E-state index in [2.05, 4.69) is 67.6 Å². The number of benzene rings is 2. The van der Waals surface area contributed by atoms with Gasteiger partial charge in [0, 0.05) is 56.6 Å². The molecule has 2 heterocycles. The molecule has 0 aliphatic carbocycles. The molecule has 4 rings (SSSR count). The van der Waals surface area contributed by atoms with Gasteiger partial charge in [0.05, 0.1) is 6.61 Å². The summed E-state index contributed by atoms with van der Waals surface area (Å²) in [5, 5.41) is 9.41. The SMILES string of the molecule is CC1CCCCN1c1ccc(Br)cc1C=O.CC1CCCCN1c1ccc(Br)cc1CO. The van der Waals surface area contributed by atoms with Crippen molar-refractivity contribution in [3.8, 4) is 0 Å². The molecule has 2 fully saturated rings. The van der Waals surface area contributed by atoms with Gasteiger partial charge in [0.1, 0.15) is 0 Å². The quantitative estimate of drug-likeness (QED) is 0.407. The third kappa shape index (κ3) is 6.36. The van der Waals surface area contributed by atoms with Gasteiger partial charge in [0.25, 0.3) is 0 Å². The summed E-state index contributed by atoms with van der Waals surface area (Å²) in [7, 11) is 0. The number of aliphatic hydroxyl groups excluding tert-OH is 1. The van der Waals surface area contributed by atoms with Crippen LogP contribution in [0, 0.1) is 0 Å². The number of carbonyl (C=O) groups excluding carboxylic acids is 1. The molecule has 2 atom stereocenters. The number of aliphatic hydroxyl groups is 1. The van der Waals surface area contributed by atoms with Gasteiger partial charge in [-0.05, 0) is 88.8 Å². The van der Waals surface area contributed by atoms with E-state index in [1.807, 2.05) is 24.3 Å². The van der Waals surface area contributed by atoms with Crippen molar-refractivity contribution >= 4 is 49.5 Å². The van der Waals surface area contributed by atoms with Crippen molar-refractivity contribution in [2.75, 3.05) is 22.9 Å². The molecule has 2 unspecified atom stereocenters. The van der Waals surface area contributed by atoms with Crippen LogP contribution < -0.4 is 9.80 Å². The van der Waals surface area contributed by atoms with Crippen LogP contribution in [0.25, 0.3) is 0 Å². The first-order valence-corrected chi connectivity index (χ1v) is 13.2. The molecule has 174 valence electrons. The number of halogens is 2. The van der Waals surface area contributed by atoms with Gasteiger partial charge in [-0.25, -0.2) is 0 Å². The van der Waals surface area contributed by atoms with E-state index in [1.54, 1.807) is 0 Å². The van der Waals surface area contributed by atoms with Gasteiger partial charge in [-0.3, -0.25) is 4.79 Å². The molecule has 2 aromatic rings. The Balaban J connectivity index is 0.000000181. The Morgan fingerprint density at radius 2 is 1.41 bits per heavy atom. The van der Waals surface area contributed by atoms with Crippen LogP contribution in [0.15, 0.2) is 45.3 Å². The Hall–Kier alpha value is -1.37. The number of hydrogen-bond acceptors (Lipinski definition) is 4. The molecule has 0 bridgehead atoms. The van der Waals surface area contributed by atoms with Crippen LogP contribution in [0.4, 0.5) is 11.4 Å². The van der Waals surface area contributed by atoms with Crippen LogP contribution in [0.2, 0.25) is 0 Å². The summed E-state index contributed by atoms with van der Waals surface area (Å²) >= 11 is 6.85. The second kappa shape index (κ2) is 12.2. The van der Waals surface area contributed by atoms with E-state index in [1.165, 1.54) is 44.2 Å². The van der Waals surface area contributed by atoms with Gasteiger partial charge in [-0.1, -0.05) is 31.9 Å². The number of aldehydes is 1. The van der Waals surface area contributed by atoms with Crippen molar-refractivity contribution in [2.24, 2.45) is 0 Å². The van der Waals surface area contributed by atoms with E-state index in [0.29, 0.717) is 12.1 Å². The first-order valence-electron chi connectivity index (χ1n) is 11.6. The van der Waals surface area contributed by atoms with Crippen LogP contribution in [0.3, 0.4) is 0 Å². The summed E-state index contributed by atoms with van der Waals surface area (Å²) in [6.45, 7) is 6.77. The Morgan fingerprint density at radius 3 is 1.94 bits per heavy atom. The Labute approximate surface area is 209 Å². The van der Waals surface area contributed by atoms with Crippen LogP contribution in [-0.2, 0) is 6.61 Å². The lowest BCUT2D eigenvalue weighted by Gasteiger charge is -2.36. The molecule has 2 aliphatic heterocycles. The highest BCUT2D eigenvalue weighted by atomic mass is 79.9. The monoisotopic (exact) mass is 564 g/mol. The van der Waals surface area contributed by atoms with Crippen LogP contribution in [-0.4, -0.2) is 36.6 Å². The maximum absolute atomic E-state index is 11.1. The third-order valence-electron chi connectivity index (χ3n) is 6.55. The number of rotatable bonds is 4. The minimum atomic E-state index is 0.109. The van der Waals surface area contributed by atoms with Gasteiger partial charge in [0.2, 0.25) is 0 Å². The predicted octanol–water partition coefficient (Wildman–Crippen LogP) is 6.96. The van der Waals surface area contributed by atoms with Crippen molar-refractivity contribution in [1.82, 2.24) is 0 Å². The fourth-order valence-corrected chi connectivity index (χ4v) is 5.54. The third-order valence-corrected chi connectivity index (χ3v) is 7.54. The summed E-state index contributed by atoms with van der Waals surface area (Å²) in [6.07, 6.45) is 8.51. The lowest BCUT2D eigenvalue weighted by molar-refractivity contribution is 0.112. The van der Waals surface area contributed by atoms with Crippen molar-refractivity contribution < 1.29 is 9.90 Å². The fourth-order valence-electron chi connectivity index (χ4n) is 4.75. The number of nitrogens with zero attached hydrogens (tertiary/aromatic N) is 2. The highest BCUT2D eigenvalue weighted by Gasteiger charge is 2.21. The molecule has 6 heteroatoms. The zero-order valence-corrected chi connectivity index (χ0v) is 22.2. The van der Waals surface area contributed by atoms with E-state index in [9.17, 15) is 9.90 Å². The summed E-state index contributed by atoms with van der Waals surface area (Å²) in [6, 6.07) is 13.2. The lowest BCUT2D eigenvalue weighted by Crippen LogP contribution is -2.38. The van der Waals surface area contributed by atoms with E-state index in [4.69, 9.17) is 0 Å². The van der Waals surface area contributed by atoms with Crippen LogP contribution in [0.5, 0.6) is 0 Å². The van der Waals surface area contributed by atoms with E-state index in [-0.39, 0.29) is 6.61 Å². The first-order chi connectivity index (χ1) is 15.4. The standard InChI is InChI=1S/C13H18BrNO.C13H16BrNO/c2*1-10-4-2-3-7-15(10)13-6-5-12(14)8-11(13)9-16/h5-6,8,10,16H,2-4,7,9H2,1H3;5-6,8-10H,2-4,7H2,1H3. The zero-order chi connectivity index (χ0) is 23.1. The highest BCUT2D eigenvalue weighted by molar-refractivity contribution is 9.10. The number of anilines is 2. The second-order valence-corrected chi connectivity index (χ2v) is 10.7. The summed E-state index contributed by atoms with van der Waals surface area (Å²) in [5.41, 5.74) is 4.06. The molecule has 1 N–H and O–H groups in total. The van der Waals surface area contributed by atoms with Gasteiger partial charge in [-0.15, -0.1) is 0 Å². The molecular weight excluding hydrogens is 532 g/mol. The molecule has 0 saturated carbocycles. The van der Waals surface area contributed by atoms with E-state index < -0.39 is 0 Å². The minimum absolute atomic E-state index is 0.109. The average Bonchev–Trinajstić information content (AvgIpc) is 2.80. The molecule has 4 nitrogen and oxygen atoms in total. The average molecular weight is 566 g/mol. The van der Waals surface area contributed by atoms with E-state index in [0.717, 1.165) is 45.1 Å². The molecule has 32 heavy (non-hydrogen) atoms. The van der Waals surface area contributed by atoms with Gasteiger partial charge in [0.15, 0.2) is 6.29 Å². The predicted molar refractivity (Wildman–Crippen MR) is 141 cm³/mol. The normalized spacial score (nSPS) is 21.0.